The topological polar surface area (TPSA) is 43.4 Å². The predicted molar refractivity (Wildman–Crippen MR) is 36.8 cm³/mol. The first-order valence-electron chi connectivity index (χ1n) is 3.87. The lowest BCUT2D eigenvalue weighted by Crippen LogP contribution is -2.34. The Morgan fingerprint density at radius 1 is 1.55 bits per heavy atom. The number of carbonyl (C=O) groups is 2. The van der Waals surface area contributed by atoms with Crippen LogP contribution in [0, 0.1) is 5.41 Å². The smallest absolute Gasteiger partial charge is 0.319 e. The largest absolute Gasteiger partial charge is 0.462 e. The molecule has 3 nitrogen and oxygen atoms in total. The second-order valence-corrected chi connectivity index (χ2v) is 3.53. The third-order valence-corrected chi connectivity index (χ3v) is 2.67. The zero-order valence-electron chi connectivity index (χ0n) is 6.42. The molecule has 0 aromatic rings. The third-order valence-electron chi connectivity index (χ3n) is 2.67. The molecule has 1 saturated carbocycles. The van der Waals surface area contributed by atoms with Crippen LogP contribution in [0.25, 0.3) is 0 Å². The van der Waals surface area contributed by atoms with E-state index in [-0.39, 0.29) is 17.9 Å². The molecule has 2 fully saturated rings. The lowest BCUT2D eigenvalue weighted by Gasteiger charge is -2.20. The van der Waals surface area contributed by atoms with Gasteiger partial charge >= 0.3 is 5.97 Å². The fourth-order valence-corrected chi connectivity index (χ4v) is 1.82. The summed E-state index contributed by atoms with van der Waals surface area (Å²) in [5.74, 6) is -0.263. The highest BCUT2D eigenvalue weighted by Gasteiger charge is 2.53. The Morgan fingerprint density at radius 2 is 2.27 bits per heavy atom. The lowest BCUT2D eigenvalue weighted by atomic mass is 9.76. The summed E-state index contributed by atoms with van der Waals surface area (Å²) in [5, 5.41) is 0. The van der Waals surface area contributed by atoms with Crippen LogP contribution in [0.4, 0.5) is 0 Å². The molecule has 60 valence electrons. The van der Waals surface area contributed by atoms with Crippen molar-refractivity contribution in [2.24, 2.45) is 5.41 Å². The van der Waals surface area contributed by atoms with Crippen LogP contribution in [0.1, 0.15) is 26.2 Å². The van der Waals surface area contributed by atoms with Crippen LogP contribution < -0.4 is 0 Å². The molecule has 1 unspecified atom stereocenters. The molecule has 1 aliphatic heterocycles. The number of fused-ring (bicyclic) bond motifs is 2. The van der Waals surface area contributed by atoms with Crippen molar-refractivity contribution in [3.8, 4) is 0 Å². The van der Waals surface area contributed by atoms with Crippen molar-refractivity contribution >= 4 is 11.8 Å². The number of ketones is 1. The molecule has 0 aromatic carbocycles. The van der Waals surface area contributed by atoms with E-state index in [2.05, 4.69) is 0 Å². The van der Waals surface area contributed by atoms with E-state index >= 15 is 0 Å². The minimum atomic E-state index is -0.789. The zero-order valence-corrected chi connectivity index (χ0v) is 6.42. The first-order chi connectivity index (χ1) is 5.13. The number of rotatable bonds is 0. The molecule has 3 heteroatoms. The summed E-state index contributed by atoms with van der Waals surface area (Å²) >= 11 is 0. The minimum absolute atomic E-state index is 0.0187. The molecule has 0 aromatic heterocycles. The van der Waals surface area contributed by atoms with Crippen molar-refractivity contribution < 1.29 is 14.3 Å². The maximum Gasteiger partial charge on any atom is 0.319 e. The molecule has 0 radical (unpaired) electrons. The maximum atomic E-state index is 11.3. The van der Waals surface area contributed by atoms with Crippen LogP contribution in [-0.4, -0.2) is 17.9 Å². The number of Topliss-reactive ketones (excluding diaryl/α,β-unsaturated/α-hetero) is 1. The Morgan fingerprint density at radius 3 is 2.91 bits per heavy atom. The van der Waals surface area contributed by atoms with Gasteiger partial charge in [0.15, 0.2) is 0 Å². The van der Waals surface area contributed by atoms with Crippen molar-refractivity contribution in [3.05, 3.63) is 0 Å². The van der Waals surface area contributed by atoms with Gasteiger partial charge in [0.05, 0.1) is 0 Å². The van der Waals surface area contributed by atoms with Crippen molar-refractivity contribution in [1.29, 1.82) is 0 Å². The summed E-state index contributed by atoms with van der Waals surface area (Å²) < 4.78 is 5.00. The molecule has 1 saturated heterocycles. The second kappa shape index (κ2) is 1.84. The molecule has 2 bridgehead atoms. The first-order valence-corrected chi connectivity index (χ1v) is 3.87. The quantitative estimate of drug-likeness (QED) is 0.380. The predicted octanol–water partition coefficient (Wildman–Crippen LogP) is 0.671. The van der Waals surface area contributed by atoms with E-state index in [1.807, 2.05) is 0 Å². The van der Waals surface area contributed by atoms with Gasteiger partial charge in [0.2, 0.25) is 0 Å². The van der Waals surface area contributed by atoms with Gasteiger partial charge < -0.3 is 4.74 Å². The number of carbonyl (C=O) groups excluding carboxylic acids is 2. The Hall–Kier alpha value is -0.860. The van der Waals surface area contributed by atoms with E-state index in [1.165, 1.54) is 0 Å². The van der Waals surface area contributed by atoms with Crippen molar-refractivity contribution in [1.82, 2.24) is 0 Å². The molecule has 0 spiro atoms. The van der Waals surface area contributed by atoms with Gasteiger partial charge in [-0.1, -0.05) is 0 Å². The van der Waals surface area contributed by atoms with E-state index in [1.54, 1.807) is 6.92 Å². The Bertz CT molecular complexity index is 223. The number of esters is 1. The van der Waals surface area contributed by atoms with Gasteiger partial charge in [0.25, 0.3) is 0 Å². The molecule has 11 heavy (non-hydrogen) atoms. The van der Waals surface area contributed by atoms with Crippen LogP contribution in [0.3, 0.4) is 0 Å². The SMILES string of the molecule is CC12C[C@@H](CCC1=O)OC2=O. The van der Waals surface area contributed by atoms with E-state index in [0.717, 1.165) is 6.42 Å². The minimum Gasteiger partial charge on any atom is -0.462 e. The maximum absolute atomic E-state index is 11.3. The fourth-order valence-electron chi connectivity index (χ4n) is 1.82. The third kappa shape index (κ3) is 0.737. The standard InChI is InChI=1S/C8H10O3/c1-8-4-5(11-7(8)10)2-3-6(8)9/h5H,2-4H2,1H3/t5-,8?/m1/s1. The lowest BCUT2D eigenvalue weighted by molar-refractivity contribution is -0.150. The van der Waals surface area contributed by atoms with Gasteiger partial charge in [-0.25, -0.2) is 0 Å². The van der Waals surface area contributed by atoms with E-state index in [9.17, 15) is 9.59 Å². The zero-order chi connectivity index (χ0) is 8.06. The Kier molecular flexibility index (Phi) is 1.14. The molecular formula is C8H10O3. The van der Waals surface area contributed by atoms with E-state index in [0.29, 0.717) is 12.8 Å². The Labute approximate surface area is 64.7 Å². The molecule has 2 rings (SSSR count). The van der Waals surface area contributed by atoms with Crippen molar-refractivity contribution in [2.75, 3.05) is 0 Å². The summed E-state index contributed by atoms with van der Waals surface area (Å²) in [7, 11) is 0. The number of hydrogen-bond donors (Lipinski definition) is 0. The number of ether oxygens (including phenoxy) is 1. The van der Waals surface area contributed by atoms with Crippen LogP contribution in [0.15, 0.2) is 0 Å². The van der Waals surface area contributed by atoms with Crippen LogP contribution in [0.5, 0.6) is 0 Å². The summed E-state index contributed by atoms with van der Waals surface area (Å²) in [6.45, 7) is 1.69. The van der Waals surface area contributed by atoms with Gasteiger partial charge in [-0.15, -0.1) is 0 Å². The van der Waals surface area contributed by atoms with Gasteiger partial charge in [0, 0.05) is 12.8 Å². The Balaban J connectivity index is 2.38. The summed E-state index contributed by atoms with van der Waals surface area (Å²) in [4.78, 5) is 22.4. The van der Waals surface area contributed by atoms with Gasteiger partial charge in [0.1, 0.15) is 17.3 Å². The van der Waals surface area contributed by atoms with E-state index < -0.39 is 5.41 Å². The van der Waals surface area contributed by atoms with Crippen LogP contribution in [-0.2, 0) is 14.3 Å². The van der Waals surface area contributed by atoms with Crippen molar-refractivity contribution in [3.63, 3.8) is 0 Å². The molecule has 0 amide bonds. The molecule has 1 heterocycles. The average molecular weight is 154 g/mol. The van der Waals surface area contributed by atoms with Crippen molar-refractivity contribution in [2.45, 2.75) is 32.3 Å². The van der Waals surface area contributed by atoms with Gasteiger partial charge in [-0.05, 0) is 13.3 Å². The normalized spacial score (nSPS) is 42.5. The number of hydrogen-bond acceptors (Lipinski definition) is 3. The second-order valence-electron chi connectivity index (χ2n) is 3.53. The monoisotopic (exact) mass is 154 g/mol. The van der Waals surface area contributed by atoms with E-state index in [4.69, 9.17) is 4.74 Å². The summed E-state index contributed by atoms with van der Waals surface area (Å²) in [6, 6.07) is 0. The molecule has 1 aliphatic carbocycles. The summed E-state index contributed by atoms with van der Waals surface area (Å²) in [5.41, 5.74) is -0.789. The van der Waals surface area contributed by atoms with Crippen LogP contribution in [0.2, 0.25) is 0 Å². The summed E-state index contributed by atoms with van der Waals surface area (Å²) in [6.07, 6.45) is 1.85. The average Bonchev–Trinajstić information content (AvgIpc) is 2.19. The first kappa shape index (κ1) is 6.83. The highest BCUT2D eigenvalue weighted by atomic mass is 16.6. The molecule has 2 atom stereocenters. The molecular weight excluding hydrogens is 144 g/mol. The molecule has 0 N–H and O–H groups in total. The van der Waals surface area contributed by atoms with Gasteiger partial charge in [-0.3, -0.25) is 9.59 Å². The van der Waals surface area contributed by atoms with Gasteiger partial charge in [-0.2, -0.15) is 0 Å². The molecule has 2 aliphatic rings. The highest BCUT2D eigenvalue weighted by molar-refractivity contribution is 6.05. The highest BCUT2D eigenvalue weighted by Crippen LogP contribution is 2.41. The fraction of sp³-hybridized carbons (Fsp3) is 0.750. The van der Waals surface area contributed by atoms with Crippen LogP contribution >= 0.6 is 0 Å².